The maximum Gasteiger partial charge on any atom is 0.161 e. The summed E-state index contributed by atoms with van der Waals surface area (Å²) >= 11 is 0. The molecule has 1 aliphatic carbocycles. The highest BCUT2D eigenvalue weighted by atomic mass is 15.6. The fraction of sp³-hybridized carbons (Fsp3) is 0.444. The Bertz CT molecular complexity index is 487. The zero-order valence-corrected chi connectivity index (χ0v) is 8.33. The van der Waals surface area contributed by atoms with Crippen molar-refractivity contribution in [2.24, 2.45) is 0 Å². The number of tetrazole rings is 1. The molecular formula is C9H10N6. The van der Waals surface area contributed by atoms with E-state index in [4.69, 9.17) is 0 Å². The molecule has 0 saturated heterocycles. The predicted octanol–water partition coefficient (Wildman–Crippen LogP) is 0.638. The molecule has 0 radical (unpaired) electrons. The van der Waals surface area contributed by atoms with Crippen LogP contribution in [0.25, 0.3) is 5.82 Å². The summed E-state index contributed by atoms with van der Waals surface area (Å²) in [6, 6.07) is 1.81. The maximum atomic E-state index is 4.30. The molecule has 3 rings (SSSR count). The minimum absolute atomic E-state index is 0.510. The van der Waals surface area contributed by atoms with E-state index < -0.39 is 0 Å². The lowest BCUT2D eigenvalue weighted by molar-refractivity contribution is 0.736. The van der Waals surface area contributed by atoms with Gasteiger partial charge in [-0.1, -0.05) is 0 Å². The van der Waals surface area contributed by atoms with Crippen LogP contribution in [0.1, 0.15) is 30.4 Å². The van der Waals surface area contributed by atoms with Crippen LogP contribution in [0.3, 0.4) is 0 Å². The molecule has 0 aromatic carbocycles. The molecule has 76 valence electrons. The van der Waals surface area contributed by atoms with E-state index in [-0.39, 0.29) is 0 Å². The Morgan fingerprint density at radius 2 is 2.27 bits per heavy atom. The average molecular weight is 202 g/mol. The predicted molar refractivity (Wildman–Crippen MR) is 51.5 cm³/mol. The van der Waals surface area contributed by atoms with Gasteiger partial charge in [0.05, 0.1) is 0 Å². The van der Waals surface area contributed by atoms with Crippen LogP contribution in [0, 0.1) is 6.92 Å². The van der Waals surface area contributed by atoms with Gasteiger partial charge in [-0.3, -0.25) is 0 Å². The Kier molecular flexibility index (Phi) is 1.74. The van der Waals surface area contributed by atoms with E-state index in [2.05, 4.69) is 25.5 Å². The molecule has 0 atom stereocenters. The van der Waals surface area contributed by atoms with Crippen molar-refractivity contribution in [3.63, 3.8) is 0 Å². The highest BCUT2D eigenvalue weighted by Gasteiger charge is 2.30. The van der Waals surface area contributed by atoms with Crippen molar-refractivity contribution in [2.45, 2.75) is 25.7 Å². The molecule has 15 heavy (non-hydrogen) atoms. The van der Waals surface area contributed by atoms with Crippen LogP contribution in [0.5, 0.6) is 0 Å². The summed E-state index contributed by atoms with van der Waals surface area (Å²) in [5.74, 6) is 2.89. The summed E-state index contributed by atoms with van der Waals surface area (Å²) in [5.41, 5.74) is 0. The number of aromatic nitrogens is 6. The topological polar surface area (TPSA) is 69.4 Å². The summed E-state index contributed by atoms with van der Waals surface area (Å²) in [6.07, 6.45) is 4.06. The van der Waals surface area contributed by atoms with Crippen LogP contribution >= 0.6 is 0 Å². The number of nitrogens with zero attached hydrogens (tertiary/aromatic N) is 6. The second kappa shape index (κ2) is 3.08. The second-order valence-corrected chi connectivity index (χ2v) is 3.69. The van der Waals surface area contributed by atoms with E-state index in [1.54, 1.807) is 10.9 Å². The standard InChI is InChI=1S/C9H10N6/c1-6-10-5-4-8(11-6)15-9(7-2-3-7)12-13-14-15/h4-5,7H,2-3H2,1H3. The van der Waals surface area contributed by atoms with Crippen molar-refractivity contribution in [1.29, 1.82) is 0 Å². The molecule has 0 unspecified atom stereocenters. The van der Waals surface area contributed by atoms with Gasteiger partial charge in [0, 0.05) is 18.2 Å². The van der Waals surface area contributed by atoms with Gasteiger partial charge in [0.25, 0.3) is 0 Å². The molecule has 0 spiro atoms. The minimum Gasteiger partial charge on any atom is -0.242 e. The molecule has 0 aliphatic heterocycles. The highest BCUT2D eigenvalue weighted by molar-refractivity contribution is 5.22. The fourth-order valence-electron chi connectivity index (χ4n) is 1.51. The molecular weight excluding hydrogens is 192 g/mol. The molecule has 1 fully saturated rings. The number of aryl methyl sites for hydroxylation is 1. The summed E-state index contributed by atoms with van der Waals surface area (Å²) in [6.45, 7) is 1.85. The summed E-state index contributed by atoms with van der Waals surface area (Å²) in [5, 5.41) is 11.7. The third-order valence-corrected chi connectivity index (χ3v) is 2.41. The van der Waals surface area contributed by atoms with Gasteiger partial charge in [-0.05, 0) is 30.2 Å². The molecule has 2 heterocycles. The third-order valence-electron chi connectivity index (χ3n) is 2.41. The van der Waals surface area contributed by atoms with Crippen molar-refractivity contribution in [2.75, 3.05) is 0 Å². The Morgan fingerprint density at radius 3 is 3.00 bits per heavy atom. The van der Waals surface area contributed by atoms with Gasteiger partial charge in [-0.2, -0.15) is 4.68 Å². The Balaban J connectivity index is 2.07. The molecule has 6 heteroatoms. The first-order valence-electron chi connectivity index (χ1n) is 4.93. The van der Waals surface area contributed by atoms with Gasteiger partial charge >= 0.3 is 0 Å². The highest BCUT2D eigenvalue weighted by Crippen LogP contribution is 2.38. The van der Waals surface area contributed by atoms with Crippen LogP contribution in [0.4, 0.5) is 0 Å². The van der Waals surface area contributed by atoms with E-state index in [9.17, 15) is 0 Å². The zero-order valence-electron chi connectivity index (χ0n) is 8.33. The van der Waals surface area contributed by atoms with Gasteiger partial charge < -0.3 is 0 Å². The van der Waals surface area contributed by atoms with Crippen LogP contribution in [0.15, 0.2) is 12.3 Å². The quantitative estimate of drug-likeness (QED) is 0.714. The van der Waals surface area contributed by atoms with E-state index >= 15 is 0 Å². The number of rotatable bonds is 2. The van der Waals surface area contributed by atoms with E-state index in [0.29, 0.717) is 5.92 Å². The van der Waals surface area contributed by atoms with Gasteiger partial charge in [0.1, 0.15) is 5.82 Å². The van der Waals surface area contributed by atoms with Crippen molar-refractivity contribution in [3.05, 3.63) is 23.9 Å². The smallest absolute Gasteiger partial charge is 0.161 e. The van der Waals surface area contributed by atoms with Crippen LogP contribution in [-0.2, 0) is 0 Å². The van der Waals surface area contributed by atoms with Crippen LogP contribution in [0.2, 0.25) is 0 Å². The summed E-state index contributed by atoms with van der Waals surface area (Å²) in [4.78, 5) is 8.34. The largest absolute Gasteiger partial charge is 0.242 e. The maximum absolute atomic E-state index is 4.30. The van der Waals surface area contributed by atoms with Crippen molar-refractivity contribution in [1.82, 2.24) is 30.2 Å². The molecule has 1 saturated carbocycles. The molecule has 2 aromatic rings. The van der Waals surface area contributed by atoms with Crippen molar-refractivity contribution in [3.8, 4) is 5.82 Å². The first-order chi connectivity index (χ1) is 7.34. The Labute approximate surface area is 86.4 Å². The first kappa shape index (κ1) is 8.46. The van der Waals surface area contributed by atoms with Gasteiger partial charge in [-0.15, -0.1) is 5.10 Å². The zero-order chi connectivity index (χ0) is 10.3. The molecule has 0 amide bonds. The molecule has 2 aromatic heterocycles. The molecule has 6 nitrogen and oxygen atoms in total. The number of hydrogen-bond acceptors (Lipinski definition) is 5. The molecule has 1 aliphatic rings. The van der Waals surface area contributed by atoms with Crippen LogP contribution < -0.4 is 0 Å². The van der Waals surface area contributed by atoms with Gasteiger partial charge in [-0.25, -0.2) is 9.97 Å². The summed E-state index contributed by atoms with van der Waals surface area (Å²) in [7, 11) is 0. The Hall–Kier alpha value is -1.85. The monoisotopic (exact) mass is 202 g/mol. The second-order valence-electron chi connectivity index (χ2n) is 3.69. The van der Waals surface area contributed by atoms with Crippen molar-refractivity contribution < 1.29 is 0 Å². The minimum atomic E-state index is 0.510. The van der Waals surface area contributed by atoms with Gasteiger partial charge in [0.15, 0.2) is 11.6 Å². The van der Waals surface area contributed by atoms with E-state index in [0.717, 1.165) is 17.5 Å². The van der Waals surface area contributed by atoms with E-state index in [1.165, 1.54) is 12.8 Å². The number of hydrogen-bond donors (Lipinski definition) is 0. The van der Waals surface area contributed by atoms with Crippen LogP contribution in [-0.4, -0.2) is 30.2 Å². The lowest BCUT2D eigenvalue weighted by atomic mass is 10.4. The van der Waals surface area contributed by atoms with Crippen molar-refractivity contribution >= 4 is 0 Å². The average Bonchev–Trinajstić information content (AvgIpc) is 2.96. The lowest BCUT2D eigenvalue weighted by Crippen LogP contribution is -2.05. The molecule has 0 bridgehead atoms. The SMILES string of the molecule is Cc1nccc(-n2nnnc2C2CC2)n1. The lowest BCUT2D eigenvalue weighted by Gasteiger charge is -2.02. The third kappa shape index (κ3) is 1.47. The van der Waals surface area contributed by atoms with Gasteiger partial charge in [0.2, 0.25) is 0 Å². The Morgan fingerprint density at radius 1 is 1.40 bits per heavy atom. The normalized spacial score (nSPS) is 15.5. The fourth-order valence-corrected chi connectivity index (χ4v) is 1.51. The van der Waals surface area contributed by atoms with E-state index in [1.807, 2.05) is 13.0 Å². The first-order valence-corrected chi connectivity index (χ1v) is 4.93. The molecule has 0 N–H and O–H groups in total. The summed E-state index contributed by atoms with van der Waals surface area (Å²) < 4.78 is 1.70.